The number of rotatable bonds is 6. The van der Waals surface area contributed by atoms with Gasteiger partial charge in [-0.05, 0) is 42.5 Å². The van der Waals surface area contributed by atoms with Crippen molar-refractivity contribution in [1.82, 2.24) is 0 Å². The highest BCUT2D eigenvalue weighted by Gasteiger charge is 2.23. The van der Waals surface area contributed by atoms with Crippen LogP contribution in [0.3, 0.4) is 0 Å². The lowest BCUT2D eigenvalue weighted by atomic mass is 10.1. The van der Waals surface area contributed by atoms with Crippen LogP contribution < -0.4 is 9.47 Å². The van der Waals surface area contributed by atoms with Gasteiger partial charge in [0.1, 0.15) is 16.5 Å². The van der Waals surface area contributed by atoms with Gasteiger partial charge in [-0.3, -0.25) is 4.79 Å². The molecule has 0 aliphatic carbocycles. The number of esters is 1. The van der Waals surface area contributed by atoms with E-state index in [-0.39, 0.29) is 27.7 Å². The molecule has 4 aromatic rings. The third-order valence-electron chi connectivity index (χ3n) is 4.34. The lowest BCUT2D eigenvalue weighted by molar-refractivity contribution is -0.129. The molecule has 0 N–H and O–H groups in total. The molecule has 0 bridgehead atoms. The summed E-state index contributed by atoms with van der Waals surface area (Å²) in [5.74, 6) is -1.71. The zero-order valence-electron chi connectivity index (χ0n) is 15.9. The maximum Gasteiger partial charge on any atom is 0.335 e. The van der Waals surface area contributed by atoms with E-state index in [0.717, 1.165) is 23.5 Å². The van der Waals surface area contributed by atoms with Gasteiger partial charge < -0.3 is 9.47 Å². The van der Waals surface area contributed by atoms with E-state index in [1.807, 2.05) is 0 Å². The van der Waals surface area contributed by atoms with Crippen LogP contribution in [-0.2, 0) is 4.79 Å². The highest BCUT2D eigenvalue weighted by Crippen LogP contribution is 2.43. The number of thiophene rings is 1. The molecule has 0 saturated heterocycles. The molecular weight excluding hydrogens is 422 g/mol. The van der Waals surface area contributed by atoms with Crippen molar-refractivity contribution in [3.63, 3.8) is 0 Å². The van der Waals surface area contributed by atoms with Gasteiger partial charge in [-0.25, -0.2) is 13.6 Å². The molecule has 0 atom stereocenters. The number of fused-ring (bicyclic) bond motifs is 1. The average molecular weight is 436 g/mol. The molecule has 7 heteroatoms. The first-order chi connectivity index (χ1) is 15.0. The Balaban J connectivity index is 1.84. The predicted octanol–water partition coefficient (Wildman–Crippen LogP) is 6.29. The number of hydrogen-bond donors (Lipinski definition) is 0. The predicted molar refractivity (Wildman–Crippen MR) is 114 cm³/mol. The number of benzene rings is 3. The molecular formula is C24H14F2O4S. The Hall–Kier alpha value is -3.84. The van der Waals surface area contributed by atoms with Crippen molar-refractivity contribution in [2.45, 2.75) is 0 Å². The fraction of sp³-hybridized carbons (Fsp3) is 0. The molecule has 0 aliphatic heterocycles. The Labute approximate surface area is 180 Å². The van der Waals surface area contributed by atoms with Crippen molar-refractivity contribution in [1.29, 1.82) is 0 Å². The fourth-order valence-electron chi connectivity index (χ4n) is 2.94. The first-order valence-electron chi connectivity index (χ1n) is 9.09. The Bertz CT molecular complexity index is 1330. The van der Waals surface area contributed by atoms with Gasteiger partial charge in [-0.15, -0.1) is 11.3 Å². The van der Waals surface area contributed by atoms with Crippen LogP contribution in [0.4, 0.5) is 8.78 Å². The largest absolute Gasteiger partial charge is 0.451 e. The van der Waals surface area contributed by atoms with Crippen LogP contribution in [0.15, 0.2) is 79.4 Å². The highest BCUT2D eigenvalue weighted by molar-refractivity contribution is 7.21. The van der Waals surface area contributed by atoms with E-state index in [9.17, 15) is 18.4 Å². The molecule has 1 aromatic heterocycles. The summed E-state index contributed by atoms with van der Waals surface area (Å²) in [5.41, 5.74) is 0.128. The van der Waals surface area contributed by atoms with E-state index in [1.165, 1.54) is 42.5 Å². The summed E-state index contributed by atoms with van der Waals surface area (Å²) in [7, 11) is 0. The molecule has 4 nitrogen and oxygen atoms in total. The van der Waals surface area contributed by atoms with Crippen molar-refractivity contribution >= 4 is 33.2 Å². The number of carbonyl (C=O) groups is 2. The Morgan fingerprint density at radius 1 is 0.903 bits per heavy atom. The second kappa shape index (κ2) is 8.49. The number of halogens is 2. The first-order valence-corrected chi connectivity index (χ1v) is 9.91. The van der Waals surface area contributed by atoms with Crippen LogP contribution in [0.25, 0.3) is 10.1 Å². The van der Waals surface area contributed by atoms with Crippen LogP contribution in [-0.4, -0.2) is 11.8 Å². The van der Waals surface area contributed by atoms with Crippen LogP contribution >= 0.6 is 11.3 Å². The van der Waals surface area contributed by atoms with Gasteiger partial charge in [0.25, 0.3) is 0 Å². The standard InChI is InChI=1S/C24H14F2O4S/c1-2-21(27)29-18-8-3-4-9-19(18)30-23-17-11-10-16(26)13-20(17)31-24(23)22(28)14-6-5-7-15(25)12-14/h2-13H,1H2. The topological polar surface area (TPSA) is 52.6 Å². The van der Waals surface area contributed by atoms with Gasteiger partial charge in [0.15, 0.2) is 17.2 Å². The molecule has 0 spiro atoms. The molecule has 0 unspecified atom stereocenters. The van der Waals surface area contributed by atoms with E-state index in [0.29, 0.717) is 10.1 Å². The molecule has 0 fully saturated rings. The number of carbonyl (C=O) groups excluding carboxylic acids is 2. The number of ether oxygens (including phenoxy) is 2. The van der Waals surface area contributed by atoms with Crippen LogP contribution in [0.2, 0.25) is 0 Å². The SMILES string of the molecule is C=CC(=O)Oc1ccccc1Oc1c(C(=O)c2cccc(F)c2)sc2cc(F)ccc12. The zero-order chi connectivity index (χ0) is 22.0. The van der Waals surface area contributed by atoms with Crippen molar-refractivity contribution in [2.75, 3.05) is 0 Å². The first kappa shape index (κ1) is 20.4. The minimum atomic E-state index is -0.677. The summed E-state index contributed by atoms with van der Waals surface area (Å²) >= 11 is 1.03. The van der Waals surface area contributed by atoms with Crippen molar-refractivity contribution < 1.29 is 27.8 Å². The number of ketones is 1. The fourth-order valence-corrected chi connectivity index (χ4v) is 4.05. The van der Waals surface area contributed by atoms with Crippen LogP contribution in [0.5, 0.6) is 17.2 Å². The maximum absolute atomic E-state index is 13.8. The van der Waals surface area contributed by atoms with Gasteiger partial charge in [0.2, 0.25) is 5.78 Å². The lowest BCUT2D eigenvalue weighted by Crippen LogP contribution is -2.05. The van der Waals surface area contributed by atoms with Gasteiger partial charge in [0.05, 0.1) is 0 Å². The zero-order valence-corrected chi connectivity index (χ0v) is 16.7. The molecule has 4 rings (SSSR count). The van der Waals surface area contributed by atoms with E-state index in [4.69, 9.17) is 9.47 Å². The van der Waals surface area contributed by atoms with Gasteiger partial charge in [-0.1, -0.05) is 30.8 Å². The smallest absolute Gasteiger partial charge is 0.335 e. The summed E-state index contributed by atoms with van der Waals surface area (Å²) in [6.07, 6.45) is 1.01. The van der Waals surface area contributed by atoms with Crippen LogP contribution in [0, 0.1) is 11.6 Å². The number of para-hydroxylation sites is 2. The lowest BCUT2D eigenvalue weighted by Gasteiger charge is -2.11. The van der Waals surface area contributed by atoms with Crippen molar-refractivity contribution in [3.05, 3.63) is 101 Å². The van der Waals surface area contributed by atoms with E-state index < -0.39 is 23.4 Å². The van der Waals surface area contributed by atoms with E-state index in [2.05, 4.69) is 6.58 Å². The average Bonchev–Trinajstić information content (AvgIpc) is 3.11. The molecule has 0 aliphatic rings. The molecule has 31 heavy (non-hydrogen) atoms. The monoisotopic (exact) mass is 436 g/mol. The third-order valence-corrected chi connectivity index (χ3v) is 5.47. The van der Waals surface area contributed by atoms with Gasteiger partial charge in [-0.2, -0.15) is 0 Å². The molecule has 3 aromatic carbocycles. The molecule has 154 valence electrons. The van der Waals surface area contributed by atoms with Crippen molar-refractivity contribution in [3.8, 4) is 17.2 Å². The molecule has 1 heterocycles. The molecule has 0 amide bonds. The van der Waals surface area contributed by atoms with Crippen LogP contribution in [0.1, 0.15) is 15.2 Å². The third kappa shape index (κ3) is 4.22. The van der Waals surface area contributed by atoms with E-state index >= 15 is 0 Å². The van der Waals surface area contributed by atoms with Crippen molar-refractivity contribution in [2.24, 2.45) is 0 Å². The summed E-state index contributed by atoms with van der Waals surface area (Å²) in [5, 5.41) is 0.496. The molecule has 0 saturated carbocycles. The second-order valence-corrected chi connectivity index (χ2v) is 7.47. The van der Waals surface area contributed by atoms with E-state index in [1.54, 1.807) is 18.2 Å². The maximum atomic E-state index is 13.8. The summed E-state index contributed by atoms with van der Waals surface area (Å²) in [4.78, 5) is 25.0. The Kier molecular flexibility index (Phi) is 5.60. The normalized spacial score (nSPS) is 10.6. The van der Waals surface area contributed by atoms with Gasteiger partial charge in [0, 0.05) is 21.7 Å². The second-order valence-electron chi connectivity index (χ2n) is 6.41. The summed E-state index contributed by atoms with van der Waals surface area (Å²) < 4.78 is 39.2. The number of hydrogen-bond acceptors (Lipinski definition) is 5. The van der Waals surface area contributed by atoms with Gasteiger partial charge >= 0.3 is 5.97 Å². The summed E-state index contributed by atoms with van der Waals surface area (Å²) in [6.45, 7) is 3.36. The Morgan fingerprint density at radius 2 is 1.65 bits per heavy atom. The minimum absolute atomic E-state index is 0.123. The summed E-state index contributed by atoms with van der Waals surface area (Å²) in [6, 6.07) is 15.7. The Morgan fingerprint density at radius 3 is 2.39 bits per heavy atom. The molecule has 0 radical (unpaired) electrons. The highest BCUT2D eigenvalue weighted by atomic mass is 32.1. The quantitative estimate of drug-likeness (QED) is 0.154. The minimum Gasteiger partial charge on any atom is -0.451 e.